The van der Waals surface area contributed by atoms with Gasteiger partial charge >= 0.3 is 0 Å². The predicted molar refractivity (Wildman–Crippen MR) is 103 cm³/mol. The van der Waals surface area contributed by atoms with E-state index in [-0.39, 0.29) is 12.1 Å². The summed E-state index contributed by atoms with van der Waals surface area (Å²) in [6, 6.07) is 4.90. The second kappa shape index (κ2) is 5.67. The van der Waals surface area contributed by atoms with E-state index < -0.39 is 0 Å². The van der Waals surface area contributed by atoms with Crippen molar-refractivity contribution >= 4 is 17.5 Å². The van der Waals surface area contributed by atoms with E-state index in [2.05, 4.69) is 84.0 Å². The van der Waals surface area contributed by atoms with Crippen molar-refractivity contribution in [2.24, 2.45) is 15.9 Å². The van der Waals surface area contributed by atoms with E-state index in [1.807, 2.05) is 0 Å². The normalized spacial score (nSPS) is 35.5. The fourth-order valence-corrected chi connectivity index (χ4v) is 3.69. The summed E-state index contributed by atoms with van der Waals surface area (Å²) in [5, 5.41) is 3.69. The van der Waals surface area contributed by atoms with Crippen LogP contribution >= 0.6 is 0 Å². The molecule has 4 aliphatic heterocycles. The molecular weight excluding hydrogens is 308 g/mol. The second-order valence-corrected chi connectivity index (χ2v) is 6.95. The molecule has 0 spiro atoms. The zero-order chi connectivity index (χ0) is 16.8. The highest BCUT2D eigenvalue weighted by molar-refractivity contribution is 6.10. The van der Waals surface area contributed by atoms with Crippen molar-refractivity contribution in [3.8, 4) is 0 Å². The molecular formula is C21H20N4. The van der Waals surface area contributed by atoms with Crippen molar-refractivity contribution < 1.29 is 0 Å². The number of nitrogens with one attached hydrogen (secondary N) is 2. The lowest BCUT2D eigenvalue weighted by Crippen LogP contribution is -2.39. The Morgan fingerprint density at radius 1 is 0.920 bits per heavy atom. The Labute approximate surface area is 147 Å². The number of aliphatic imine (C=N–C) groups is 2. The molecule has 4 unspecified atom stereocenters. The first-order valence-electron chi connectivity index (χ1n) is 8.81. The van der Waals surface area contributed by atoms with Crippen LogP contribution in [-0.4, -0.2) is 34.5 Å². The predicted octanol–water partition coefficient (Wildman–Crippen LogP) is 3.20. The van der Waals surface area contributed by atoms with Gasteiger partial charge in [-0.25, -0.2) is 4.99 Å². The van der Waals surface area contributed by atoms with E-state index in [0.29, 0.717) is 12.0 Å². The van der Waals surface area contributed by atoms with Crippen LogP contribution in [-0.2, 0) is 0 Å². The van der Waals surface area contributed by atoms with E-state index >= 15 is 0 Å². The van der Waals surface area contributed by atoms with Gasteiger partial charge in [0, 0.05) is 11.7 Å². The molecule has 0 radical (unpaired) electrons. The number of aromatic nitrogens is 1. The van der Waals surface area contributed by atoms with Gasteiger partial charge in [-0.15, -0.1) is 0 Å². The Kier molecular flexibility index (Phi) is 3.31. The molecule has 0 aromatic carbocycles. The molecule has 0 saturated heterocycles. The van der Waals surface area contributed by atoms with Gasteiger partial charge in [-0.3, -0.25) is 4.99 Å². The number of rotatable bonds is 0. The van der Waals surface area contributed by atoms with E-state index in [4.69, 9.17) is 9.98 Å². The lowest BCUT2D eigenvalue weighted by Gasteiger charge is -2.20. The second-order valence-electron chi connectivity index (χ2n) is 6.95. The number of nitrogens with zero attached hydrogens (tertiary/aromatic N) is 2. The van der Waals surface area contributed by atoms with Gasteiger partial charge in [0.15, 0.2) is 0 Å². The summed E-state index contributed by atoms with van der Waals surface area (Å²) in [5.41, 5.74) is 5.12. The van der Waals surface area contributed by atoms with Crippen molar-refractivity contribution in [1.82, 2.24) is 10.3 Å². The molecule has 5 rings (SSSR count). The summed E-state index contributed by atoms with van der Waals surface area (Å²) in [6.07, 6.45) is 19.3. The monoisotopic (exact) mass is 328 g/mol. The molecule has 0 saturated carbocycles. The first-order chi connectivity index (χ1) is 12.2. The van der Waals surface area contributed by atoms with Crippen LogP contribution in [0.2, 0.25) is 0 Å². The maximum absolute atomic E-state index is 4.83. The number of H-pyrrole nitrogens is 1. The molecule has 4 heteroatoms. The SMILES string of the molecule is CC1/C=C2/C=CC(=N2)c2ccc([nH]2)/C=C\C2=NC(C=C2)C2C=CC1N2. The summed E-state index contributed by atoms with van der Waals surface area (Å²) in [6.45, 7) is 2.23. The van der Waals surface area contributed by atoms with Gasteiger partial charge in [0.1, 0.15) is 0 Å². The minimum absolute atomic E-state index is 0.170. The molecule has 1 aromatic rings. The van der Waals surface area contributed by atoms with E-state index in [9.17, 15) is 0 Å². The smallest absolute Gasteiger partial charge is 0.0879 e. The molecule has 25 heavy (non-hydrogen) atoms. The van der Waals surface area contributed by atoms with Crippen molar-refractivity contribution in [3.05, 3.63) is 77.8 Å². The van der Waals surface area contributed by atoms with E-state index in [1.165, 1.54) is 0 Å². The summed E-state index contributed by atoms with van der Waals surface area (Å²) >= 11 is 0. The van der Waals surface area contributed by atoms with Gasteiger partial charge in [0.2, 0.25) is 0 Å². The van der Waals surface area contributed by atoms with Crippen LogP contribution in [0.5, 0.6) is 0 Å². The summed E-state index contributed by atoms with van der Waals surface area (Å²) in [7, 11) is 0. The average Bonchev–Trinajstić information content (AvgIpc) is 3.35. The molecule has 0 aliphatic carbocycles. The number of aromatic amines is 1. The Hall–Kier alpha value is -2.72. The lowest BCUT2D eigenvalue weighted by atomic mass is 10.0. The van der Waals surface area contributed by atoms with Crippen molar-refractivity contribution in [1.29, 1.82) is 0 Å². The van der Waals surface area contributed by atoms with Crippen LogP contribution in [0.15, 0.2) is 76.4 Å². The largest absolute Gasteiger partial charge is 0.354 e. The van der Waals surface area contributed by atoms with Gasteiger partial charge in [0.05, 0.1) is 34.9 Å². The third-order valence-electron chi connectivity index (χ3n) is 5.12. The number of allylic oxidation sites excluding steroid dienone is 4. The highest BCUT2D eigenvalue weighted by Crippen LogP contribution is 2.23. The molecule has 0 fully saturated rings. The van der Waals surface area contributed by atoms with Crippen LogP contribution in [0.3, 0.4) is 0 Å². The van der Waals surface area contributed by atoms with Crippen molar-refractivity contribution in [2.75, 3.05) is 0 Å². The number of hydrogen-bond acceptors (Lipinski definition) is 3. The van der Waals surface area contributed by atoms with E-state index in [1.54, 1.807) is 0 Å². The maximum atomic E-state index is 4.83. The van der Waals surface area contributed by atoms with Gasteiger partial charge in [-0.2, -0.15) is 0 Å². The van der Waals surface area contributed by atoms with Crippen molar-refractivity contribution in [2.45, 2.75) is 25.0 Å². The Bertz CT molecular complexity index is 919. The molecule has 4 atom stereocenters. The molecule has 2 N–H and O–H groups in total. The molecule has 124 valence electrons. The standard InChI is InChI=1S/C21H20N4/c1-13-12-16-6-9-19(24-16)18-7-4-14(22-18)2-3-15-5-8-20(23-15)21-11-10-17(13)25-21/h2-13,17,20-22,25H,1H3/b3-2-,16-12-. The van der Waals surface area contributed by atoms with Gasteiger partial charge < -0.3 is 10.3 Å². The van der Waals surface area contributed by atoms with Gasteiger partial charge in [-0.1, -0.05) is 31.2 Å². The lowest BCUT2D eigenvalue weighted by molar-refractivity contribution is 0.472. The molecule has 1 aromatic heterocycles. The Morgan fingerprint density at radius 3 is 2.80 bits per heavy atom. The first kappa shape index (κ1) is 14.6. The van der Waals surface area contributed by atoms with Gasteiger partial charge in [0.25, 0.3) is 0 Å². The molecule has 5 heterocycles. The van der Waals surface area contributed by atoms with Crippen LogP contribution in [0.25, 0.3) is 6.08 Å². The summed E-state index contributed by atoms with van der Waals surface area (Å²) in [4.78, 5) is 13.0. The number of hydrogen-bond donors (Lipinski definition) is 2. The molecule has 0 amide bonds. The zero-order valence-electron chi connectivity index (χ0n) is 14.1. The quantitative estimate of drug-likeness (QED) is 0.706. The van der Waals surface area contributed by atoms with Crippen LogP contribution in [0, 0.1) is 5.92 Å². The Morgan fingerprint density at radius 2 is 1.84 bits per heavy atom. The highest BCUT2D eigenvalue weighted by atomic mass is 15.0. The minimum Gasteiger partial charge on any atom is -0.354 e. The van der Waals surface area contributed by atoms with Crippen LogP contribution in [0.4, 0.5) is 0 Å². The van der Waals surface area contributed by atoms with Gasteiger partial charge in [-0.05, 0) is 48.4 Å². The molecule has 4 nitrogen and oxygen atoms in total. The maximum Gasteiger partial charge on any atom is 0.0879 e. The summed E-state index contributed by atoms with van der Waals surface area (Å²) in [5.74, 6) is 0.366. The van der Waals surface area contributed by atoms with Crippen LogP contribution < -0.4 is 5.32 Å². The topological polar surface area (TPSA) is 52.5 Å². The third-order valence-corrected chi connectivity index (χ3v) is 5.12. The highest BCUT2D eigenvalue weighted by Gasteiger charge is 2.28. The first-order valence-corrected chi connectivity index (χ1v) is 8.81. The van der Waals surface area contributed by atoms with Crippen LogP contribution in [0.1, 0.15) is 18.3 Å². The average molecular weight is 328 g/mol. The molecule has 4 aliphatic rings. The van der Waals surface area contributed by atoms with E-state index in [0.717, 1.165) is 28.5 Å². The fraction of sp³-hybridized carbons (Fsp3) is 0.238. The number of fused-ring (bicyclic) bond motifs is 8. The zero-order valence-corrected chi connectivity index (χ0v) is 14.1. The minimum atomic E-state index is 0.170. The summed E-state index contributed by atoms with van der Waals surface area (Å²) < 4.78 is 0. The Balaban J connectivity index is 1.55. The van der Waals surface area contributed by atoms with Crippen molar-refractivity contribution in [3.63, 3.8) is 0 Å². The molecule has 8 bridgehead atoms. The third kappa shape index (κ3) is 2.68. The fourth-order valence-electron chi connectivity index (χ4n) is 3.69.